The molecule has 160 valence electrons. The third kappa shape index (κ3) is 4.68. The second-order valence-corrected chi connectivity index (χ2v) is 7.63. The summed E-state index contributed by atoms with van der Waals surface area (Å²) >= 11 is 0. The Morgan fingerprint density at radius 2 is 1.90 bits per heavy atom. The van der Waals surface area contributed by atoms with Crippen molar-refractivity contribution in [2.75, 3.05) is 25.0 Å². The van der Waals surface area contributed by atoms with Crippen LogP contribution in [0, 0.1) is 6.92 Å². The summed E-state index contributed by atoms with van der Waals surface area (Å²) in [6, 6.07) is 9.34. The van der Waals surface area contributed by atoms with E-state index in [-0.39, 0.29) is 11.5 Å². The van der Waals surface area contributed by atoms with Gasteiger partial charge in [-0.3, -0.25) is 14.7 Å². The lowest BCUT2D eigenvalue weighted by Crippen LogP contribution is -2.39. The molecule has 0 radical (unpaired) electrons. The maximum Gasteiger partial charge on any atom is 0.406 e. The van der Waals surface area contributed by atoms with E-state index in [0.29, 0.717) is 10.5 Å². The van der Waals surface area contributed by atoms with Crippen molar-refractivity contribution in [3.63, 3.8) is 0 Å². The number of hydrogen-bond donors (Lipinski definition) is 0. The van der Waals surface area contributed by atoms with E-state index in [1.54, 1.807) is 30.5 Å². The van der Waals surface area contributed by atoms with Gasteiger partial charge >= 0.3 is 6.18 Å². The summed E-state index contributed by atoms with van der Waals surface area (Å²) in [7, 11) is 2.01. The molecule has 0 saturated heterocycles. The van der Waals surface area contributed by atoms with Crippen LogP contribution in [0.25, 0.3) is 12.2 Å². The fraction of sp³-hybridized carbons (Fsp3) is 0.261. The fourth-order valence-corrected chi connectivity index (χ4v) is 3.61. The molecule has 1 amide bonds. The summed E-state index contributed by atoms with van der Waals surface area (Å²) < 4.78 is 39.3. The normalized spacial score (nSPS) is 17.8. The summed E-state index contributed by atoms with van der Waals surface area (Å²) in [6.45, 7) is 1.36. The summed E-state index contributed by atoms with van der Waals surface area (Å²) in [5.74, 6) is -0.813. The lowest BCUT2D eigenvalue weighted by atomic mass is 10.1. The van der Waals surface area contributed by atoms with Gasteiger partial charge < -0.3 is 4.90 Å². The number of hydrogen-bond acceptors (Lipinski definition) is 4. The lowest BCUT2D eigenvalue weighted by Gasteiger charge is -2.18. The Kier molecular flexibility index (Phi) is 5.39. The Labute approximate surface area is 178 Å². The Morgan fingerprint density at radius 1 is 1.13 bits per heavy atom. The minimum absolute atomic E-state index is 0.0165. The van der Waals surface area contributed by atoms with Gasteiger partial charge in [0.1, 0.15) is 18.1 Å². The first-order valence-corrected chi connectivity index (χ1v) is 9.83. The molecule has 2 aliphatic heterocycles. The largest absolute Gasteiger partial charge is 0.406 e. The number of aliphatic imine (C=N–C) groups is 1. The number of aryl methyl sites for hydroxylation is 1. The van der Waals surface area contributed by atoms with Crippen LogP contribution in [0.3, 0.4) is 0 Å². The van der Waals surface area contributed by atoms with Gasteiger partial charge in [-0.1, -0.05) is 12.1 Å². The molecule has 2 aromatic rings. The topological polar surface area (TPSA) is 48.8 Å². The SMILES string of the molecule is Cc1ccc(/C=C/C2=NC(=C\c3ccc4c(c3)CCN4C)/C(=O)N2CC(F)(F)F)cn1. The zero-order valence-corrected chi connectivity index (χ0v) is 17.1. The second-order valence-electron chi connectivity index (χ2n) is 7.63. The van der Waals surface area contributed by atoms with Crippen molar-refractivity contribution in [2.45, 2.75) is 19.5 Å². The monoisotopic (exact) mass is 426 g/mol. The number of pyridine rings is 1. The molecular formula is C23H21F3N4O. The van der Waals surface area contributed by atoms with Crippen LogP contribution in [0.4, 0.5) is 18.9 Å². The molecular weight excluding hydrogens is 405 g/mol. The van der Waals surface area contributed by atoms with Crippen LogP contribution in [0.1, 0.15) is 22.4 Å². The maximum atomic E-state index is 13.1. The number of rotatable bonds is 4. The highest BCUT2D eigenvalue weighted by Gasteiger charge is 2.38. The van der Waals surface area contributed by atoms with E-state index in [1.165, 1.54) is 6.08 Å². The van der Waals surface area contributed by atoms with Gasteiger partial charge in [0.25, 0.3) is 5.91 Å². The van der Waals surface area contributed by atoms with Gasteiger partial charge in [0, 0.05) is 31.2 Å². The van der Waals surface area contributed by atoms with Crippen molar-refractivity contribution in [2.24, 2.45) is 4.99 Å². The van der Waals surface area contributed by atoms with Crippen molar-refractivity contribution >= 4 is 29.6 Å². The number of benzene rings is 1. The Hall–Kier alpha value is -3.42. The van der Waals surface area contributed by atoms with Gasteiger partial charge in [0.15, 0.2) is 0 Å². The van der Waals surface area contributed by atoms with E-state index in [4.69, 9.17) is 0 Å². The molecule has 5 nitrogen and oxygen atoms in total. The zero-order chi connectivity index (χ0) is 22.2. The van der Waals surface area contributed by atoms with Crippen molar-refractivity contribution < 1.29 is 18.0 Å². The number of likely N-dealkylation sites (N-methyl/N-ethyl adjacent to an activating group) is 1. The van der Waals surface area contributed by atoms with Crippen LogP contribution in [0.2, 0.25) is 0 Å². The minimum Gasteiger partial charge on any atom is -0.374 e. The van der Waals surface area contributed by atoms with Crippen LogP contribution in [0.15, 0.2) is 53.3 Å². The zero-order valence-electron chi connectivity index (χ0n) is 17.1. The Bertz CT molecular complexity index is 1100. The van der Waals surface area contributed by atoms with Crippen LogP contribution in [-0.2, 0) is 11.2 Å². The summed E-state index contributed by atoms with van der Waals surface area (Å²) in [4.78, 5) is 23.9. The quantitative estimate of drug-likeness (QED) is 0.688. The van der Waals surface area contributed by atoms with Crippen LogP contribution in [-0.4, -0.2) is 47.9 Å². The molecule has 1 aromatic heterocycles. The predicted molar refractivity (Wildman–Crippen MR) is 115 cm³/mol. The first kappa shape index (κ1) is 20.8. The van der Waals surface area contributed by atoms with Gasteiger partial charge in [0.05, 0.1) is 0 Å². The van der Waals surface area contributed by atoms with E-state index in [2.05, 4.69) is 14.9 Å². The maximum absolute atomic E-state index is 13.1. The molecule has 0 bridgehead atoms. The molecule has 1 aromatic carbocycles. The average Bonchev–Trinajstić information content (AvgIpc) is 3.21. The second kappa shape index (κ2) is 8.02. The van der Waals surface area contributed by atoms with E-state index in [0.717, 1.165) is 35.5 Å². The molecule has 0 atom stereocenters. The number of aromatic nitrogens is 1. The molecule has 0 N–H and O–H groups in total. The standard InChI is InChI=1S/C23H21F3N4O/c1-15-3-4-16(13-27-15)6-8-21-28-19(22(31)30(21)14-23(24,25)26)12-17-5-7-20-18(11-17)9-10-29(20)2/h3-8,11-13H,9-10,14H2,1-2H3/b8-6+,19-12-. The van der Waals surface area contributed by atoms with E-state index in [1.807, 2.05) is 32.2 Å². The predicted octanol–water partition coefficient (Wildman–Crippen LogP) is 4.24. The van der Waals surface area contributed by atoms with Crippen molar-refractivity contribution in [1.82, 2.24) is 9.88 Å². The third-order valence-electron chi connectivity index (χ3n) is 5.21. The van der Waals surface area contributed by atoms with Crippen LogP contribution < -0.4 is 4.90 Å². The van der Waals surface area contributed by atoms with Crippen molar-refractivity contribution in [1.29, 1.82) is 0 Å². The number of alkyl halides is 3. The number of halogens is 3. The van der Waals surface area contributed by atoms with E-state index >= 15 is 0 Å². The Balaban J connectivity index is 1.65. The van der Waals surface area contributed by atoms with E-state index < -0.39 is 18.6 Å². The molecule has 3 heterocycles. The molecule has 0 saturated carbocycles. The van der Waals surface area contributed by atoms with Gasteiger partial charge in [-0.15, -0.1) is 0 Å². The summed E-state index contributed by atoms with van der Waals surface area (Å²) in [5.41, 5.74) is 4.52. The molecule has 0 spiro atoms. The molecule has 4 rings (SSSR count). The fourth-order valence-electron chi connectivity index (χ4n) is 3.61. The van der Waals surface area contributed by atoms with Crippen molar-refractivity contribution in [3.8, 4) is 0 Å². The molecule has 0 fully saturated rings. The first-order chi connectivity index (χ1) is 14.7. The number of fused-ring (bicyclic) bond motifs is 1. The first-order valence-electron chi connectivity index (χ1n) is 9.83. The number of anilines is 1. The molecule has 0 aliphatic carbocycles. The number of nitrogens with zero attached hydrogens (tertiary/aromatic N) is 4. The van der Waals surface area contributed by atoms with Gasteiger partial charge in [-0.05, 0) is 66.5 Å². The molecule has 31 heavy (non-hydrogen) atoms. The highest BCUT2D eigenvalue weighted by Crippen LogP contribution is 2.29. The van der Waals surface area contributed by atoms with E-state index in [9.17, 15) is 18.0 Å². The molecule has 8 heteroatoms. The minimum atomic E-state index is -4.54. The van der Waals surface area contributed by atoms with Crippen LogP contribution >= 0.6 is 0 Å². The third-order valence-corrected chi connectivity index (χ3v) is 5.21. The van der Waals surface area contributed by atoms with Crippen molar-refractivity contribution in [3.05, 3.63) is 70.7 Å². The summed E-state index contributed by atoms with van der Waals surface area (Å²) in [5, 5.41) is 0. The number of amides is 1. The number of amidine groups is 1. The molecule has 0 unspecified atom stereocenters. The average molecular weight is 426 g/mol. The van der Waals surface area contributed by atoms with Gasteiger partial charge in [-0.25, -0.2) is 4.99 Å². The summed E-state index contributed by atoms with van der Waals surface area (Å²) in [6.07, 6.45) is 2.50. The highest BCUT2D eigenvalue weighted by molar-refractivity contribution is 6.18. The Morgan fingerprint density at radius 3 is 2.61 bits per heavy atom. The number of carbonyl (C=O) groups is 1. The van der Waals surface area contributed by atoms with Gasteiger partial charge in [-0.2, -0.15) is 13.2 Å². The number of carbonyl (C=O) groups excluding carboxylic acids is 1. The van der Waals surface area contributed by atoms with Gasteiger partial charge in [0.2, 0.25) is 0 Å². The molecule has 2 aliphatic rings. The smallest absolute Gasteiger partial charge is 0.374 e. The van der Waals surface area contributed by atoms with Crippen LogP contribution in [0.5, 0.6) is 0 Å². The lowest BCUT2D eigenvalue weighted by molar-refractivity contribution is -0.149. The highest BCUT2D eigenvalue weighted by atomic mass is 19.4.